The van der Waals surface area contributed by atoms with Crippen molar-refractivity contribution >= 4 is 5.97 Å². The Morgan fingerprint density at radius 2 is 2.05 bits per heavy atom. The van der Waals surface area contributed by atoms with Crippen LogP contribution in [0.15, 0.2) is 18.2 Å². The van der Waals surface area contributed by atoms with E-state index in [-0.39, 0.29) is 5.97 Å². The molecule has 1 unspecified atom stereocenters. The summed E-state index contributed by atoms with van der Waals surface area (Å²) in [5.41, 5.74) is 0.839. The third kappa shape index (κ3) is 4.11. The SMILES string of the molecule is CCCNC(C(=O)OCC)c1ccc2c(c1)OCCCO2. The van der Waals surface area contributed by atoms with Crippen LogP contribution in [-0.2, 0) is 9.53 Å². The molecule has 0 saturated carbocycles. The molecule has 0 radical (unpaired) electrons. The number of ether oxygens (including phenoxy) is 3. The molecule has 1 aliphatic heterocycles. The first-order chi connectivity index (χ1) is 10.3. The van der Waals surface area contributed by atoms with Crippen molar-refractivity contribution in [3.8, 4) is 11.5 Å². The average molecular weight is 293 g/mol. The van der Waals surface area contributed by atoms with E-state index in [9.17, 15) is 4.79 Å². The van der Waals surface area contributed by atoms with Crippen LogP contribution in [0.5, 0.6) is 11.5 Å². The van der Waals surface area contributed by atoms with Crippen LogP contribution < -0.4 is 14.8 Å². The Morgan fingerprint density at radius 3 is 2.76 bits per heavy atom. The van der Waals surface area contributed by atoms with Gasteiger partial charge in [-0.3, -0.25) is 0 Å². The van der Waals surface area contributed by atoms with Crippen molar-refractivity contribution in [1.82, 2.24) is 5.32 Å². The zero-order chi connectivity index (χ0) is 15.1. The van der Waals surface area contributed by atoms with E-state index in [0.717, 1.165) is 30.7 Å². The first kappa shape index (κ1) is 15.6. The number of hydrogen-bond donors (Lipinski definition) is 1. The van der Waals surface area contributed by atoms with Gasteiger partial charge >= 0.3 is 5.97 Å². The molecule has 1 aromatic carbocycles. The Bertz CT molecular complexity index is 475. The molecule has 0 spiro atoms. The van der Waals surface area contributed by atoms with E-state index in [1.165, 1.54) is 0 Å². The molecule has 21 heavy (non-hydrogen) atoms. The number of nitrogens with one attached hydrogen (secondary N) is 1. The van der Waals surface area contributed by atoms with Gasteiger partial charge in [0.05, 0.1) is 19.8 Å². The van der Waals surface area contributed by atoms with Crippen LogP contribution in [0.1, 0.15) is 38.3 Å². The average Bonchev–Trinajstić information content (AvgIpc) is 2.72. The molecule has 1 N–H and O–H groups in total. The maximum Gasteiger partial charge on any atom is 0.327 e. The van der Waals surface area contributed by atoms with Gasteiger partial charge in [0.15, 0.2) is 11.5 Å². The van der Waals surface area contributed by atoms with Crippen LogP contribution in [0.2, 0.25) is 0 Å². The molecule has 5 heteroatoms. The van der Waals surface area contributed by atoms with Crippen LogP contribution in [0.3, 0.4) is 0 Å². The number of esters is 1. The van der Waals surface area contributed by atoms with Gasteiger partial charge in [0.1, 0.15) is 6.04 Å². The molecule has 0 aromatic heterocycles. The largest absolute Gasteiger partial charge is 0.490 e. The minimum absolute atomic E-state index is 0.263. The van der Waals surface area contributed by atoms with Gasteiger partial charge in [0, 0.05) is 6.42 Å². The second kappa shape index (κ2) is 7.88. The summed E-state index contributed by atoms with van der Waals surface area (Å²) in [6.45, 7) is 6.27. The molecule has 116 valence electrons. The zero-order valence-electron chi connectivity index (χ0n) is 12.7. The third-order valence-electron chi connectivity index (χ3n) is 3.23. The summed E-state index contributed by atoms with van der Waals surface area (Å²) in [6.07, 6.45) is 1.81. The van der Waals surface area contributed by atoms with Crippen molar-refractivity contribution in [3.05, 3.63) is 23.8 Å². The molecule has 0 fully saturated rings. The van der Waals surface area contributed by atoms with Gasteiger partial charge in [0.2, 0.25) is 0 Å². The fourth-order valence-corrected chi connectivity index (χ4v) is 2.21. The van der Waals surface area contributed by atoms with Gasteiger partial charge in [0.25, 0.3) is 0 Å². The lowest BCUT2D eigenvalue weighted by Crippen LogP contribution is -2.30. The molecule has 1 aromatic rings. The molecule has 1 heterocycles. The van der Waals surface area contributed by atoms with Crippen molar-refractivity contribution in [3.63, 3.8) is 0 Å². The highest BCUT2D eigenvalue weighted by molar-refractivity contribution is 5.78. The summed E-state index contributed by atoms with van der Waals surface area (Å²) >= 11 is 0. The summed E-state index contributed by atoms with van der Waals surface area (Å²) in [5, 5.41) is 3.22. The highest BCUT2D eigenvalue weighted by Gasteiger charge is 2.23. The minimum Gasteiger partial charge on any atom is -0.490 e. The summed E-state index contributed by atoms with van der Waals surface area (Å²) in [7, 11) is 0. The number of rotatable bonds is 6. The number of fused-ring (bicyclic) bond motifs is 1. The van der Waals surface area contributed by atoms with Crippen LogP contribution in [0.4, 0.5) is 0 Å². The Kier molecular flexibility index (Phi) is 5.87. The molecule has 0 aliphatic carbocycles. The van der Waals surface area contributed by atoms with Crippen LogP contribution in [0.25, 0.3) is 0 Å². The lowest BCUT2D eigenvalue weighted by Gasteiger charge is -2.18. The summed E-state index contributed by atoms with van der Waals surface area (Å²) in [4.78, 5) is 12.1. The molecule has 5 nitrogen and oxygen atoms in total. The predicted octanol–water partition coefficient (Wildman–Crippen LogP) is 2.45. The topological polar surface area (TPSA) is 56.8 Å². The smallest absolute Gasteiger partial charge is 0.327 e. The second-order valence-corrected chi connectivity index (χ2v) is 4.90. The zero-order valence-corrected chi connectivity index (χ0v) is 12.7. The number of carbonyl (C=O) groups is 1. The predicted molar refractivity (Wildman–Crippen MR) is 79.7 cm³/mol. The van der Waals surface area contributed by atoms with Crippen molar-refractivity contribution < 1.29 is 19.0 Å². The van der Waals surface area contributed by atoms with Crippen molar-refractivity contribution in [1.29, 1.82) is 0 Å². The normalized spacial score (nSPS) is 15.1. The van der Waals surface area contributed by atoms with Gasteiger partial charge in [-0.15, -0.1) is 0 Å². The first-order valence-electron chi connectivity index (χ1n) is 7.55. The Hall–Kier alpha value is -1.75. The van der Waals surface area contributed by atoms with E-state index in [0.29, 0.717) is 25.6 Å². The minimum atomic E-state index is -0.470. The maximum atomic E-state index is 12.1. The Morgan fingerprint density at radius 1 is 1.29 bits per heavy atom. The first-order valence-corrected chi connectivity index (χ1v) is 7.55. The third-order valence-corrected chi connectivity index (χ3v) is 3.23. The van der Waals surface area contributed by atoms with Gasteiger partial charge in [-0.1, -0.05) is 13.0 Å². The van der Waals surface area contributed by atoms with E-state index in [1.54, 1.807) is 0 Å². The summed E-state index contributed by atoms with van der Waals surface area (Å²) in [5.74, 6) is 1.16. The van der Waals surface area contributed by atoms with E-state index in [2.05, 4.69) is 12.2 Å². The van der Waals surface area contributed by atoms with E-state index < -0.39 is 6.04 Å². The standard InChI is InChI=1S/C16H23NO4/c1-3-8-17-15(16(18)19-4-2)12-6-7-13-14(11-12)21-10-5-9-20-13/h6-7,11,15,17H,3-5,8-10H2,1-2H3. The Labute approximate surface area is 125 Å². The second-order valence-electron chi connectivity index (χ2n) is 4.90. The molecular formula is C16H23NO4. The molecular weight excluding hydrogens is 270 g/mol. The lowest BCUT2D eigenvalue weighted by atomic mass is 10.1. The van der Waals surface area contributed by atoms with Gasteiger partial charge in [-0.2, -0.15) is 0 Å². The number of hydrogen-bond acceptors (Lipinski definition) is 5. The van der Waals surface area contributed by atoms with Crippen LogP contribution in [0, 0.1) is 0 Å². The molecule has 0 bridgehead atoms. The van der Waals surface area contributed by atoms with Crippen molar-refractivity contribution in [2.75, 3.05) is 26.4 Å². The quantitative estimate of drug-likeness (QED) is 0.816. The summed E-state index contributed by atoms with van der Waals surface area (Å²) in [6, 6.07) is 5.14. The molecule has 0 amide bonds. The fourth-order valence-electron chi connectivity index (χ4n) is 2.21. The lowest BCUT2D eigenvalue weighted by molar-refractivity contribution is -0.145. The van der Waals surface area contributed by atoms with Gasteiger partial charge < -0.3 is 19.5 Å². The molecule has 1 atom stereocenters. The van der Waals surface area contributed by atoms with Crippen molar-refractivity contribution in [2.45, 2.75) is 32.7 Å². The van der Waals surface area contributed by atoms with Crippen LogP contribution >= 0.6 is 0 Å². The number of benzene rings is 1. The van der Waals surface area contributed by atoms with Crippen LogP contribution in [-0.4, -0.2) is 32.3 Å². The molecule has 2 rings (SSSR count). The van der Waals surface area contributed by atoms with Gasteiger partial charge in [-0.25, -0.2) is 4.79 Å². The molecule has 0 saturated heterocycles. The van der Waals surface area contributed by atoms with Gasteiger partial charge in [-0.05, 0) is 37.6 Å². The van der Waals surface area contributed by atoms with E-state index in [4.69, 9.17) is 14.2 Å². The monoisotopic (exact) mass is 293 g/mol. The van der Waals surface area contributed by atoms with E-state index in [1.807, 2.05) is 25.1 Å². The van der Waals surface area contributed by atoms with Crippen molar-refractivity contribution in [2.24, 2.45) is 0 Å². The molecule has 1 aliphatic rings. The summed E-state index contributed by atoms with van der Waals surface area (Å²) < 4.78 is 16.4. The Balaban J connectivity index is 2.22. The number of carbonyl (C=O) groups excluding carboxylic acids is 1. The van der Waals surface area contributed by atoms with E-state index >= 15 is 0 Å². The highest BCUT2D eigenvalue weighted by atomic mass is 16.5. The fraction of sp³-hybridized carbons (Fsp3) is 0.562. The highest BCUT2D eigenvalue weighted by Crippen LogP contribution is 2.32. The maximum absolute atomic E-state index is 12.1.